The van der Waals surface area contributed by atoms with Crippen LogP contribution in [0.3, 0.4) is 0 Å². The number of ether oxygens (including phenoxy) is 1. The standard InChI is InChI=1S/C16H22O3.C3H6.2C2H6.Na/c1-3-12-13-9-5-7-11(8-6-10-15(17)18)16(13)19-14(12)4-2;1-3-2;2*1-2;/h5,7,9,12,14H,3-4,6,8,10H2,1-2H3,(H,17,18);3H,1H2,2H3;2*1-2H3;/q;;;;+1/p-1. The number of allylic oxidation sites excluding steroid dienone is 1. The maximum atomic E-state index is 10.5. The van der Waals surface area contributed by atoms with Crippen LogP contribution < -0.4 is 39.4 Å². The van der Waals surface area contributed by atoms with E-state index in [1.54, 1.807) is 6.08 Å². The molecule has 2 atom stereocenters. The molecule has 0 aliphatic carbocycles. The van der Waals surface area contributed by atoms with E-state index >= 15 is 0 Å². The van der Waals surface area contributed by atoms with Crippen molar-refractivity contribution in [3.05, 3.63) is 42.0 Å². The molecule has 0 amide bonds. The van der Waals surface area contributed by atoms with Gasteiger partial charge in [-0.25, -0.2) is 0 Å². The molecule has 2 rings (SSSR count). The minimum Gasteiger partial charge on any atom is -0.550 e. The first kappa shape index (κ1) is 30.9. The van der Waals surface area contributed by atoms with Crippen LogP contribution in [0.4, 0.5) is 0 Å². The normalized spacial score (nSPS) is 15.7. The molecule has 3 nitrogen and oxygen atoms in total. The first-order valence-corrected chi connectivity index (χ1v) is 10.1. The monoisotopic (exact) mass is 386 g/mol. The second-order valence-electron chi connectivity index (χ2n) is 5.55. The van der Waals surface area contributed by atoms with Crippen molar-refractivity contribution in [2.24, 2.45) is 0 Å². The summed E-state index contributed by atoms with van der Waals surface area (Å²) in [4.78, 5) is 10.5. The Labute approximate surface area is 189 Å². The maximum Gasteiger partial charge on any atom is 1.00 e. The van der Waals surface area contributed by atoms with E-state index in [0.29, 0.717) is 12.3 Å². The van der Waals surface area contributed by atoms with Gasteiger partial charge in [0.25, 0.3) is 0 Å². The zero-order chi connectivity index (χ0) is 20.5. The quantitative estimate of drug-likeness (QED) is 0.558. The summed E-state index contributed by atoms with van der Waals surface area (Å²) < 4.78 is 6.09. The average molecular weight is 387 g/mol. The van der Waals surface area contributed by atoms with Crippen LogP contribution in [-0.2, 0) is 11.2 Å². The minimum absolute atomic E-state index is 0. The maximum absolute atomic E-state index is 10.5. The molecule has 0 N–H and O–H groups in total. The Hall–Kier alpha value is -0.770. The fourth-order valence-corrected chi connectivity index (χ4v) is 2.94. The predicted molar refractivity (Wildman–Crippen MR) is 111 cm³/mol. The van der Waals surface area contributed by atoms with E-state index in [0.717, 1.165) is 30.6 Å². The predicted octanol–water partition coefficient (Wildman–Crippen LogP) is 2.67. The smallest absolute Gasteiger partial charge is 0.550 e. The number of fused-ring (bicyclic) bond motifs is 1. The van der Waals surface area contributed by atoms with Crippen LogP contribution in [0.2, 0.25) is 0 Å². The molecule has 0 radical (unpaired) electrons. The van der Waals surface area contributed by atoms with Gasteiger partial charge in [0.1, 0.15) is 11.9 Å². The summed E-state index contributed by atoms with van der Waals surface area (Å²) >= 11 is 0. The molecule has 1 aromatic rings. The molecule has 2 unspecified atom stereocenters. The van der Waals surface area contributed by atoms with Crippen molar-refractivity contribution in [3.8, 4) is 5.75 Å². The zero-order valence-electron chi connectivity index (χ0n) is 18.9. The summed E-state index contributed by atoms with van der Waals surface area (Å²) in [5.41, 5.74) is 2.42. The Balaban J connectivity index is -0.000000639. The van der Waals surface area contributed by atoms with Gasteiger partial charge in [0.05, 0.1) is 0 Å². The van der Waals surface area contributed by atoms with Gasteiger partial charge in [-0.15, -0.1) is 6.58 Å². The number of aliphatic carboxylic acids is 1. The van der Waals surface area contributed by atoms with Crippen molar-refractivity contribution in [1.82, 2.24) is 0 Å². The molecular formula is C23H39NaO3. The number of carboxylic acid groups (broad SMARTS) is 1. The second kappa shape index (κ2) is 20.0. The molecular weight excluding hydrogens is 347 g/mol. The van der Waals surface area contributed by atoms with Crippen molar-refractivity contribution in [1.29, 1.82) is 0 Å². The fourth-order valence-electron chi connectivity index (χ4n) is 2.94. The molecule has 0 spiro atoms. The minimum atomic E-state index is -0.980. The van der Waals surface area contributed by atoms with Gasteiger partial charge in [-0.2, -0.15) is 0 Å². The van der Waals surface area contributed by atoms with Gasteiger partial charge >= 0.3 is 29.6 Å². The van der Waals surface area contributed by atoms with Crippen LogP contribution in [0, 0.1) is 0 Å². The summed E-state index contributed by atoms with van der Waals surface area (Å²) in [6, 6.07) is 6.23. The number of para-hydroxylation sites is 1. The van der Waals surface area contributed by atoms with E-state index in [2.05, 4.69) is 32.6 Å². The van der Waals surface area contributed by atoms with Gasteiger partial charge in [-0.1, -0.05) is 65.8 Å². The average Bonchev–Trinajstić information content (AvgIpc) is 3.04. The van der Waals surface area contributed by atoms with Crippen LogP contribution in [0.25, 0.3) is 0 Å². The molecule has 1 aliphatic heterocycles. The Kier molecular flexibility index (Phi) is 22.9. The van der Waals surface area contributed by atoms with Crippen LogP contribution in [0.15, 0.2) is 30.9 Å². The summed E-state index contributed by atoms with van der Waals surface area (Å²) in [7, 11) is 0. The SMILES string of the molecule is C=CC.CC.CC.CCC1Oc2c(CCCC(=O)[O-])cccc2C1CC.[Na+]. The van der Waals surface area contributed by atoms with Gasteiger partial charge in [0.15, 0.2) is 0 Å². The number of carbonyl (C=O) groups is 1. The molecule has 150 valence electrons. The van der Waals surface area contributed by atoms with Crippen LogP contribution >= 0.6 is 0 Å². The molecule has 0 aromatic heterocycles. The van der Waals surface area contributed by atoms with Crippen molar-refractivity contribution in [2.45, 2.75) is 92.6 Å². The van der Waals surface area contributed by atoms with Crippen molar-refractivity contribution in [3.63, 3.8) is 0 Å². The fraction of sp³-hybridized carbons (Fsp3) is 0.609. The Morgan fingerprint density at radius 2 is 1.74 bits per heavy atom. The van der Waals surface area contributed by atoms with Gasteiger partial charge in [0.2, 0.25) is 0 Å². The third-order valence-electron chi connectivity index (χ3n) is 3.91. The molecule has 1 aromatic carbocycles. The van der Waals surface area contributed by atoms with E-state index in [9.17, 15) is 9.90 Å². The largest absolute Gasteiger partial charge is 1.00 e. The van der Waals surface area contributed by atoms with Gasteiger partial charge in [-0.3, -0.25) is 0 Å². The number of rotatable bonds is 6. The molecule has 1 aliphatic rings. The number of hydrogen-bond acceptors (Lipinski definition) is 3. The van der Waals surface area contributed by atoms with E-state index in [-0.39, 0.29) is 42.1 Å². The Bertz CT molecular complexity index is 500. The summed E-state index contributed by atoms with van der Waals surface area (Å²) in [6.07, 6.45) is 5.56. The number of aryl methyl sites for hydroxylation is 1. The summed E-state index contributed by atoms with van der Waals surface area (Å²) in [5, 5.41) is 10.5. The summed E-state index contributed by atoms with van der Waals surface area (Å²) in [5.74, 6) is 0.493. The number of carbonyl (C=O) groups excluding carboxylic acids is 1. The van der Waals surface area contributed by atoms with Crippen LogP contribution in [0.5, 0.6) is 5.75 Å². The molecule has 0 saturated heterocycles. The topological polar surface area (TPSA) is 49.4 Å². The second-order valence-corrected chi connectivity index (χ2v) is 5.55. The van der Waals surface area contributed by atoms with Gasteiger partial charge < -0.3 is 14.6 Å². The molecule has 4 heteroatoms. The molecule has 0 bridgehead atoms. The molecule has 0 fully saturated rings. The molecule has 0 saturated carbocycles. The van der Waals surface area contributed by atoms with E-state index < -0.39 is 5.97 Å². The first-order chi connectivity index (χ1) is 12.6. The van der Waals surface area contributed by atoms with Gasteiger partial charge in [0, 0.05) is 17.5 Å². The van der Waals surface area contributed by atoms with Crippen LogP contribution in [0.1, 0.15) is 91.2 Å². The number of carboxylic acids is 1. The third-order valence-corrected chi connectivity index (χ3v) is 3.91. The number of benzene rings is 1. The van der Waals surface area contributed by atoms with E-state index in [1.807, 2.05) is 40.7 Å². The number of hydrogen-bond donors (Lipinski definition) is 0. The Morgan fingerprint density at radius 1 is 1.19 bits per heavy atom. The van der Waals surface area contributed by atoms with Crippen LogP contribution in [-0.4, -0.2) is 12.1 Å². The first-order valence-electron chi connectivity index (χ1n) is 10.1. The van der Waals surface area contributed by atoms with Crippen molar-refractivity contribution in [2.75, 3.05) is 0 Å². The Morgan fingerprint density at radius 3 is 2.19 bits per heavy atom. The molecule has 1 heterocycles. The van der Waals surface area contributed by atoms with E-state index in [1.165, 1.54) is 5.56 Å². The van der Waals surface area contributed by atoms with Crippen molar-refractivity contribution < 1.29 is 44.2 Å². The zero-order valence-corrected chi connectivity index (χ0v) is 20.9. The van der Waals surface area contributed by atoms with Crippen molar-refractivity contribution >= 4 is 5.97 Å². The summed E-state index contributed by atoms with van der Waals surface area (Å²) in [6.45, 7) is 17.6. The van der Waals surface area contributed by atoms with E-state index in [4.69, 9.17) is 4.74 Å². The molecule has 27 heavy (non-hydrogen) atoms. The van der Waals surface area contributed by atoms with Gasteiger partial charge in [-0.05, 0) is 44.6 Å². The third kappa shape index (κ3) is 11.0.